The molecule has 9 nitrogen and oxygen atoms in total. The Morgan fingerprint density at radius 1 is 0.930 bits per heavy atom. The Labute approximate surface area is 254 Å². The number of nitrogens with zero attached hydrogens (tertiary/aromatic N) is 1. The van der Waals surface area contributed by atoms with Crippen molar-refractivity contribution < 1.29 is 29.0 Å². The minimum Gasteiger partial charge on any atom is -0.508 e. The van der Waals surface area contributed by atoms with Crippen molar-refractivity contribution >= 4 is 23.6 Å². The molecule has 0 saturated carbocycles. The minimum atomic E-state index is -1.05. The summed E-state index contributed by atoms with van der Waals surface area (Å²) in [6.45, 7) is 11.4. The lowest BCUT2D eigenvalue weighted by Crippen LogP contribution is -2.53. The number of phenolic OH excluding ortho intramolecular Hbond substituents is 1. The van der Waals surface area contributed by atoms with Crippen molar-refractivity contribution in [3.05, 3.63) is 89.0 Å². The molecule has 0 heterocycles. The number of hydrogen-bond acceptors (Lipinski definition) is 6. The number of amides is 3. The summed E-state index contributed by atoms with van der Waals surface area (Å²) in [6, 6.07) is 17.0. The number of anilines is 1. The van der Waals surface area contributed by atoms with Gasteiger partial charge in [-0.05, 0) is 99.7 Å². The van der Waals surface area contributed by atoms with E-state index in [-0.39, 0.29) is 18.7 Å². The number of benzene rings is 3. The Kier molecular flexibility index (Phi) is 11.2. The molecule has 0 fully saturated rings. The topological polar surface area (TPSA) is 117 Å². The highest BCUT2D eigenvalue weighted by Gasteiger charge is 2.36. The molecule has 3 aromatic rings. The lowest BCUT2D eigenvalue weighted by Gasteiger charge is -2.34. The van der Waals surface area contributed by atoms with Crippen LogP contribution in [0.4, 0.5) is 10.5 Å². The van der Waals surface area contributed by atoms with Crippen molar-refractivity contribution in [2.45, 2.75) is 72.1 Å². The zero-order valence-corrected chi connectivity index (χ0v) is 26.1. The van der Waals surface area contributed by atoms with Gasteiger partial charge in [0, 0.05) is 18.7 Å². The Morgan fingerprint density at radius 3 is 2.14 bits per heavy atom. The van der Waals surface area contributed by atoms with Crippen LogP contribution in [0, 0.1) is 13.8 Å². The molecule has 9 heteroatoms. The van der Waals surface area contributed by atoms with Gasteiger partial charge in [-0.1, -0.05) is 37.3 Å². The van der Waals surface area contributed by atoms with Crippen molar-refractivity contribution in [1.82, 2.24) is 10.2 Å². The second-order valence-electron chi connectivity index (χ2n) is 11.6. The maximum atomic E-state index is 14.4. The Balaban J connectivity index is 2.05. The third-order valence-corrected chi connectivity index (χ3v) is 6.88. The van der Waals surface area contributed by atoms with E-state index in [4.69, 9.17) is 9.47 Å². The van der Waals surface area contributed by atoms with Gasteiger partial charge < -0.3 is 30.1 Å². The number of hydrogen-bond donors (Lipinski definition) is 3. The van der Waals surface area contributed by atoms with Crippen LogP contribution in [-0.2, 0) is 20.7 Å². The zero-order chi connectivity index (χ0) is 31.7. The quantitative estimate of drug-likeness (QED) is 0.250. The molecule has 0 bridgehead atoms. The van der Waals surface area contributed by atoms with Crippen LogP contribution in [0.3, 0.4) is 0 Å². The molecule has 2 unspecified atom stereocenters. The standard InChI is InChI=1S/C34H43N3O6/c1-8-19-37(32(40)29(36-33(41)43-34(4,5)6)21-24-10-15-27(38)16-11-24)30(25-12-9-22(2)23(3)20-25)31(39)35-26-13-17-28(42-7)18-14-26/h9-18,20,29-30,38H,8,19,21H2,1-7H3,(H,35,39)(H,36,41). The molecule has 0 aliphatic heterocycles. The number of rotatable bonds is 11. The second-order valence-corrected chi connectivity index (χ2v) is 11.6. The van der Waals surface area contributed by atoms with Gasteiger partial charge in [0.2, 0.25) is 5.91 Å². The maximum absolute atomic E-state index is 14.4. The molecule has 0 aliphatic rings. The molecule has 3 rings (SSSR count). The number of phenols is 1. The largest absolute Gasteiger partial charge is 0.508 e. The molecule has 0 aromatic heterocycles. The van der Waals surface area contributed by atoms with E-state index in [1.54, 1.807) is 64.3 Å². The average molecular weight is 590 g/mol. The summed E-state index contributed by atoms with van der Waals surface area (Å²) in [5.41, 5.74) is 3.18. The summed E-state index contributed by atoms with van der Waals surface area (Å²) in [4.78, 5) is 42.9. The van der Waals surface area contributed by atoms with E-state index in [9.17, 15) is 19.5 Å². The van der Waals surface area contributed by atoms with Crippen molar-refractivity contribution in [3.8, 4) is 11.5 Å². The fourth-order valence-electron chi connectivity index (χ4n) is 4.62. The lowest BCUT2D eigenvalue weighted by atomic mass is 9.97. The molecule has 0 aliphatic carbocycles. The molecule has 3 amide bonds. The van der Waals surface area contributed by atoms with Crippen LogP contribution in [0.25, 0.3) is 0 Å². The van der Waals surface area contributed by atoms with E-state index >= 15 is 0 Å². The van der Waals surface area contributed by atoms with E-state index in [0.29, 0.717) is 29.0 Å². The highest BCUT2D eigenvalue weighted by atomic mass is 16.6. The molecule has 3 N–H and O–H groups in total. The number of nitrogens with one attached hydrogen (secondary N) is 2. The molecular formula is C34H43N3O6. The Morgan fingerprint density at radius 2 is 1.58 bits per heavy atom. The van der Waals surface area contributed by atoms with Crippen molar-refractivity contribution in [3.63, 3.8) is 0 Å². The molecule has 43 heavy (non-hydrogen) atoms. The number of carbonyl (C=O) groups excluding carboxylic acids is 3. The fourth-order valence-corrected chi connectivity index (χ4v) is 4.62. The number of aromatic hydroxyl groups is 1. The summed E-state index contributed by atoms with van der Waals surface area (Å²) in [7, 11) is 1.57. The van der Waals surface area contributed by atoms with Gasteiger partial charge in [0.15, 0.2) is 0 Å². The maximum Gasteiger partial charge on any atom is 0.408 e. The number of ether oxygens (including phenoxy) is 2. The Bertz CT molecular complexity index is 1400. The van der Waals surface area contributed by atoms with Gasteiger partial charge in [-0.2, -0.15) is 0 Å². The van der Waals surface area contributed by atoms with Crippen LogP contribution in [0.1, 0.15) is 62.4 Å². The first kappa shape index (κ1) is 33.0. The first-order chi connectivity index (χ1) is 20.3. The summed E-state index contributed by atoms with van der Waals surface area (Å²) in [5, 5.41) is 15.5. The van der Waals surface area contributed by atoms with Gasteiger partial charge in [-0.25, -0.2) is 4.79 Å². The first-order valence-electron chi connectivity index (χ1n) is 14.4. The predicted octanol–water partition coefficient (Wildman–Crippen LogP) is 6.07. The van der Waals surface area contributed by atoms with Gasteiger partial charge in [0.1, 0.15) is 29.2 Å². The number of methoxy groups -OCH3 is 1. The summed E-state index contributed by atoms with van der Waals surface area (Å²) >= 11 is 0. The van der Waals surface area contributed by atoms with Gasteiger partial charge in [0.05, 0.1) is 7.11 Å². The van der Waals surface area contributed by atoms with Gasteiger partial charge >= 0.3 is 6.09 Å². The van der Waals surface area contributed by atoms with E-state index in [0.717, 1.165) is 11.1 Å². The monoisotopic (exact) mass is 589 g/mol. The van der Waals surface area contributed by atoms with Gasteiger partial charge in [0.25, 0.3) is 5.91 Å². The first-order valence-corrected chi connectivity index (χ1v) is 14.4. The van der Waals surface area contributed by atoms with Crippen molar-refractivity contribution in [2.75, 3.05) is 19.0 Å². The molecule has 0 radical (unpaired) electrons. The minimum absolute atomic E-state index is 0.0874. The van der Waals surface area contributed by atoms with Crippen LogP contribution in [0.15, 0.2) is 66.7 Å². The number of carbonyl (C=O) groups is 3. The lowest BCUT2D eigenvalue weighted by molar-refractivity contribution is -0.140. The van der Waals surface area contributed by atoms with E-state index in [1.165, 1.54) is 17.0 Å². The average Bonchev–Trinajstić information content (AvgIpc) is 2.94. The third kappa shape index (κ3) is 9.49. The number of aryl methyl sites for hydroxylation is 2. The molecule has 0 spiro atoms. The van der Waals surface area contributed by atoms with Crippen molar-refractivity contribution in [1.29, 1.82) is 0 Å². The van der Waals surface area contributed by atoms with Crippen LogP contribution in [-0.4, -0.2) is 53.2 Å². The second kappa shape index (κ2) is 14.6. The SMILES string of the molecule is CCCN(C(=O)C(Cc1ccc(O)cc1)NC(=O)OC(C)(C)C)C(C(=O)Nc1ccc(OC)cc1)c1ccc(C)c(C)c1. The summed E-state index contributed by atoms with van der Waals surface area (Å²) in [6.07, 6.45) is -0.0500. The molecular weight excluding hydrogens is 546 g/mol. The molecule has 230 valence electrons. The van der Waals surface area contributed by atoms with E-state index in [2.05, 4.69) is 10.6 Å². The number of alkyl carbamates (subject to hydrolysis) is 1. The highest BCUT2D eigenvalue weighted by molar-refractivity contribution is 5.99. The zero-order valence-electron chi connectivity index (χ0n) is 26.1. The van der Waals surface area contributed by atoms with Crippen LogP contribution in [0.2, 0.25) is 0 Å². The summed E-state index contributed by atoms with van der Waals surface area (Å²) < 4.78 is 10.7. The Hall–Kier alpha value is -4.53. The van der Waals surface area contributed by atoms with Gasteiger partial charge in [-0.15, -0.1) is 0 Å². The van der Waals surface area contributed by atoms with Crippen LogP contribution >= 0.6 is 0 Å². The fraction of sp³-hybridized carbons (Fsp3) is 0.382. The van der Waals surface area contributed by atoms with Crippen LogP contribution in [0.5, 0.6) is 11.5 Å². The van der Waals surface area contributed by atoms with Crippen molar-refractivity contribution in [2.24, 2.45) is 0 Å². The van der Waals surface area contributed by atoms with Crippen LogP contribution < -0.4 is 15.4 Å². The molecule has 0 saturated heterocycles. The van der Waals surface area contributed by atoms with E-state index in [1.807, 2.05) is 39.0 Å². The summed E-state index contributed by atoms with van der Waals surface area (Å²) in [5.74, 6) is -0.0918. The predicted molar refractivity (Wildman–Crippen MR) is 167 cm³/mol. The third-order valence-electron chi connectivity index (χ3n) is 6.88. The highest BCUT2D eigenvalue weighted by Crippen LogP contribution is 2.28. The normalized spacial score (nSPS) is 12.5. The van der Waals surface area contributed by atoms with Gasteiger partial charge in [-0.3, -0.25) is 9.59 Å². The molecule has 3 aromatic carbocycles. The molecule has 2 atom stereocenters. The van der Waals surface area contributed by atoms with E-state index < -0.39 is 35.6 Å². The smallest absolute Gasteiger partial charge is 0.408 e.